The van der Waals surface area contributed by atoms with Crippen molar-refractivity contribution in [1.82, 2.24) is 0 Å². The third kappa shape index (κ3) is 4.64. The summed E-state index contributed by atoms with van der Waals surface area (Å²) in [5.74, 6) is 0.105. The fourth-order valence-electron chi connectivity index (χ4n) is 4.92. The van der Waals surface area contributed by atoms with Gasteiger partial charge in [-0.05, 0) is 73.9 Å². The number of aryl methyl sites for hydroxylation is 1. The van der Waals surface area contributed by atoms with Crippen molar-refractivity contribution >= 4 is 22.6 Å². The number of halogens is 1. The van der Waals surface area contributed by atoms with Gasteiger partial charge in [-0.25, -0.2) is 4.39 Å². The first-order chi connectivity index (χ1) is 18.4. The van der Waals surface area contributed by atoms with Crippen LogP contribution in [0.4, 0.5) is 10.1 Å². The van der Waals surface area contributed by atoms with Crippen molar-refractivity contribution in [2.75, 3.05) is 18.1 Å². The number of nitrogens with zero attached hydrogens (tertiary/aromatic N) is 1. The quantitative estimate of drug-likeness (QED) is 0.226. The average molecular weight is 516 g/mol. The summed E-state index contributed by atoms with van der Waals surface area (Å²) >= 11 is 0. The second kappa shape index (κ2) is 10.7. The van der Waals surface area contributed by atoms with Gasteiger partial charge in [-0.3, -0.25) is 14.5 Å². The number of carbonyl (C=O) groups is 1. The third-order valence-corrected chi connectivity index (χ3v) is 6.70. The van der Waals surface area contributed by atoms with Crippen LogP contribution in [0.3, 0.4) is 0 Å². The molecule has 7 heteroatoms. The van der Waals surface area contributed by atoms with Crippen molar-refractivity contribution in [3.63, 3.8) is 0 Å². The summed E-state index contributed by atoms with van der Waals surface area (Å²) in [6.45, 7) is 6.94. The van der Waals surface area contributed by atoms with Crippen LogP contribution in [0, 0.1) is 12.7 Å². The molecule has 2 heterocycles. The molecule has 1 unspecified atom stereocenters. The van der Waals surface area contributed by atoms with Crippen LogP contribution in [0.25, 0.3) is 11.0 Å². The molecule has 1 atom stereocenters. The number of benzene rings is 3. The summed E-state index contributed by atoms with van der Waals surface area (Å²) in [7, 11) is 0. The number of rotatable bonds is 9. The summed E-state index contributed by atoms with van der Waals surface area (Å²) in [5, 5.41) is 0.0913. The molecule has 38 heavy (non-hydrogen) atoms. The SMILES string of the molecule is CCCCCOc1ccc(C2c3c(oc4ccc(F)cc4c3=O)C(=O)N2c2cccc(C)c2)cc1OCC. The van der Waals surface area contributed by atoms with Crippen LogP contribution in [0.1, 0.15) is 66.4 Å². The van der Waals surface area contributed by atoms with Crippen molar-refractivity contribution in [3.05, 3.63) is 99.2 Å². The monoisotopic (exact) mass is 515 g/mol. The van der Waals surface area contributed by atoms with Crippen LogP contribution in [0.15, 0.2) is 69.9 Å². The Hall–Kier alpha value is -4.13. The lowest BCUT2D eigenvalue weighted by atomic mass is 9.97. The highest BCUT2D eigenvalue weighted by molar-refractivity contribution is 6.10. The van der Waals surface area contributed by atoms with Gasteiger partial charge in [0.1, 0.15) is 11.4 Å². The molecule has 0 fully saturated rings. The number of anilines is 1. The first-order valence-corrected chi connectivity index (χ1v) is 13.0. The molecular weight excluding hydrogens is 485 g/mol. The molecule has 3 aromatic carbocycles. The van der Waals surface area contributed by atoms with Gasteiger partial charge in [-0.1, -0.05) is 38.0 Å². The minimum atomic E-state index is -0.795. The molecule has 1 amide bonds. The smallest absolute Gasteiger partial charge is 0.295 e. The van der Waals surface area contributed by atoms with Crippen LogP contribution < -0.4 is 19.8 Å². The summed E-state index contributed by atoms with van der Waals surface area (Å²) in [6, 6.07) is 15.9. The molecule has 1 aromatic heterocycles. The highest BCUT2D eigenvalue weighted by Gasteiger charge is 2.44. The molecule has 0 N–H and O–H groups in total. The van der Waals surface area contributed by atoms with Gasteiger partial charge in [0.25, 0.3) is 5.91 Å². The first kappa shape index (κ1) is 25.5. The molecule has 4 aromatic rings. The zero-order valence-corrected chi connectivity index (χ0v) is 21.8. The number of unbranched alkanes of at least 4 members (excludes halogenated alkanes) is 2. The third-order valence-electron chi connectivity index (χ3n) is 6.70. The number of fused-ring (bicyclic) bond motifs is 2. The maximum absolute atomic E-state index is 14.1. The highest BCUT2D eigenvalue weighted by Crippen LogP contribution is 2.43. The normalized spacial score (nSPS) is 14.7. The second-order valence-corrected chi connectivity index (χ2v) is 9.43. The van der Waals surface area contributed by atoms with Crippen LogP contribution in [0.5, 0.6) is 11.5 Å². The Labute approximate surface area is 220 Å². The fraction of sp³-hybridized carbons (Fsp3) is 0.290. The zero-order chi connectivity index (χ0) is 26.8. The van der Waals surface area contributed by atoms with Crippen LogP contribution in [-0.2, 0) is 0 Å². The standard InChI is InChI=1S/C31H30FNO5/c1-4-6-7-15-37-25-13-11-20(17-26(25)36-5-2)28-27-29(34)23-18-21(32)12-14-24(23)38-30(27)31(35)33(28)22-10-8-9-19(3)16-22/h8-14,16-18,28H,4-7,15H2,1-3H3. The van der Waals surface area contributed by atoms with Crippen molar-refractivity contribution < 1.29 is 23.1 Å². The molecule has 0 radical (unpaired) electrons. The number of hydrogen-bond donors (Lipinski definition) is 0. The predicted molar refractivity (Wildman–Crippen MR) is 145 cm³/mol. The van der Waals surface area contributed by atoms with Gasteiger partial charge in [-0.2, -0.15) is 0 Å². The van der Waals surface area contributed by atoms with E-state index in [-0.39, 0.29) is 22.3 Å². The van der Waals surface area contributed by atoms with Crippen LogP contribution in [0.2, 0.25) is 0 Å². The molecule has 1 aliphatic rings. The van der Waals surface area contributed by atoms with E-state index in [0.29, 0.717) is 36.0 Å². The predicted octanol–water partition coefficient (Wildman–Crippen LogP) is 6.96. The van der Waals surface area contributed by atoms with Gasteiger partial charge >= 0.3 is 0 Å². The number of carbonyl (C=O) groups excluding carboxylic acids is 1. The van der Waals surface area contributed by atoms with Gasteiger partial charge in [-0.15, -0.1) is 0 Å². The lowest BCUT2D eigenvalue weighted by Gasteiger charge is -2.26. The van der Waals surface area contributed by atoms with E-state index in [2.05, 4.69) is 6.92 Å². The molecule has 0 aliphatic carbocycles. The van der Waals surface area contributed by atoms with E-state index in [1.54, 1.807) is 4.90 Å². The van der Waals surface area contributed by atoms with Crippen molar-refractivity contribution in [2.24, 2.45) is 0 Å². The lowest BCUT2D eigenvalue weighted by Crippen LogP contribution is -2.29. The van der Waals surface area contributed by atoms with Gasteiger partial charge < -0.3 is 13.9 Å². The van der Waals surface area contributed by atoms with Crippen LogP contribution in [-0.4, -0.2) is 19.1 Å². The summed E-state index contributed by atoms with van der Waals surface area (Å²) in [6.07, 6.45) is 3.09. The molecule has 6 nitrogen and oxygen atoms in total. The van der Waals surface area contributed by atoms with Gasteiger partial charge in [0, 0.05) is 5.69 Å². The molecule has 5 rings (SSSR count). The Balaban J connectivity index is 1.68. The van der Waals surface area contributed by atoms with Crippen LogP contribution >= 0.6 is 0 Å². The Morgan fingerprint density at radius 2 is 1.79 bits per heavy atom. The highest BCUT2D eigenvalue weighted by atomic mass is 19.1. The zero-order valence-electron chi connectivity index (χ0n) is 21.8. The summed E-state index contributed by atoms with van der Waals surface area (Å²) in [4.78, 5) is 29.1. The van der Waals surface area contributed by atoms with E-state index in [1.807, 2.05) is 56.3 Å². The minimum Gasteiger partial charge on any atom is -0.490 e. The van der Waals surface area contributed by atoms with E-state index in [1.165, 1.54) is 12.1 Å². The molecule has 196 valence electrons. The van der Waals surface area contributed by atoms with E-state index in [0.717, 1.165) is 30.9 Å². The summed E-state index contributed by atoms with van der Waals surface area (Å²) in [5.41, 5.74) is 2.15. The lowest BCUT2D eigenvalue weighted by molar-refractivity contribution is 0.0971. The second-order valence-electron chi connectivity index (χ2n) is 9.43. The molecule has 0 saturated heterocycles. The topological polar surface area (TPSA) is 69.0 Å². The number of hydrogen-bond acceptors (Lipinski definition) is 5. The van der Waals surface area contributed by atoms with E-state index in [9.17, 15) is 14.0 Å². The first-order valence-electron chi connectivity index (χ1n) is 13.0. The number of ether oxygens (including phenoxy) is 2. The molecule has 0 spiro atoms. The maximum atomic E-state index is 14.1. The Bertz CT molecular complexity index is 1560. The van der Waals surface area contributed by atoms with Gasteiger partial charge in [0.15, 0.2) is 16.9 Å². The molecule has 0 saturated carbocycles. The Kier molecular flexibility index (Phi) is 7.18. The molecular formula is C31H30FNO5. The molecule has 1 aliphatic heterocycles. The minimum absolute atomic E-state index is 0.0431. The summed E-state index contributed by atoms with van der Waals surface area (Å²) < 4.78 is 31.9. The molecule has 0 bridgehead atoms. The average Bonchev–Trinajstić information content (AvgIpc) is 3.20. The van der Waals surface area contributed by atoms with Crippen molar-refractivity contribution in [3.8, 4) is 11.5 Å². The van der Waals surface area contributed by atoms with Crippen molar-refractivity contribution in [2.45, 2.75) is 46.1 Å². The van der Waals surface area contributed by atoms with E-state index in [4.69, 9.17) is 13.9 Å². The van der Waals surface area contributed by atoms with E-state index >= 15 is 0 Å². The Morgan fingerprint density at radius 3 is 2.55 bits per heavy atom. The van der Waals surface area contributed by atoms with Gasteiger partial charge in [0.05, 0.1) is 30.2 Å². The van der Waals surface area contributed by atoms with E-state index < -0.39 is 23.2 Å². The maximum Gasteiger partial charge on any atom is 0.295 e. The van der Waals surface area contributed by atoms with Gasteiger partial charge in [0.2, 0.25) is 5.76 Å². The Morgan fingerprint density at radius 1 is 0.947 bits per heavy atom. The fourth-order valence-corrected chi connectivity index (χ4v) is 4.92. The van der Waals surface area contributed by atoms with Crippen molar-refractivity contribution in [1.29, 1.82) is 0 Å². The largest absolute Gasteiger partial charge is 0.490 e. The number of amides is 1.